The lowest BCUT2D eigenvalue weighted by Gasteiger charge is -2.01. The van der Waals surface area contributed by atoms with Crippen LogP contribution in [0.25, 0.3) is 11.2 Å². The molecule has 0 saturated heterocycles. The lowest BCUT2D eigenvalue weighted by Crippen LogP contribution is -1.94. The second-order valence-electron chi connectivity index (χ2n) is 2.92. The van der Waals surface area contributed by atoms with Gasteiger partial charge < -0.3 is 0 Å². The first-order valence-corrected chi connectivity index (χ1v) is 3.80. The molecule has 1 N–H and O–H groups in total. The van der Waals surface area contributed by atoms with E-state index in [1.54, 1.807) is 0 Å². The first-order valence-electron chi connectivity index (χ1n) is 3.80. The summed E-state index contributed by atoms with van der Waals surface area (Å²) < 4.78 is 0. The highest BCUT2D eigenvalue weighted by Gasteiger charge is 2.09. The normalized spacial score (nSPS) is 11.2. The van der Waals surface area contributed by atoms with E-state index in [0.29, 0.717) is 11.6 Å². The molecule has 0 atom stereocenters. The minimum atomic E-state index is 0.348. The highest BCUT2D eigenvalue weighted by molar-refractivity contribution is 5.71. The van der Waals surface area contributed by atoms with Crippen molar-refractivity contribution in [2.24, 2.45) is 0 Å². The van der Waals surface area contributed by atoms with Crippen LogP contribution in [0.15, 0.2) is 6.33 Å². The fourth-order valence-electron chi connectivity index (χ4n) is 1.12. The van der Waals surface area contributed by atoms with Gasteiger partial charge in [0.2, 0.25) is 0 Å². The van der Waals surface area contributed by atoms with E-state index in [2.05, 4.69) is 39.2 Å². The maximum absolute atomic E-state index is 4.14. The number of aromatic amines is 1. The van der Waals surface area contributed by atoms with E-state index in [-0.39, 0.29) is 0 Å². The number of H-pyrrole nitrogens is 1. The van der Waals surface area contributed by atoms with Crippen molar-refractivity contribution >= 4 is 11.2 Å². The van der Waals surface area contributed by atoms with Crippen molar-refractivity contribution in [2.45, 2.75) is 19.8 Å². The predicted molar refractivity (Wildman–Crippen MR) is 43.6 cm³/mol. The van der Waals surface area contributed by atoms with Crippen LogP contribution < -0.4 is 0 Å². The molecule has 0 aliphatic rings. The van der Waals surface area contributed by atoms with E-state index in [0.717, 1.165) is 11.2 Å². The van der Waals surface area contributed by atoms with Crippen LogP contribution in [0.5, 0.6) is 0 Å². The fourth-order valence-corrected chi connectivity index (χ4v) is 1.12. The van der Waals surface area contributed by atoms with Gasteiger partial charge in [-0.25, -0.2) is 15.1 Å². The Hall–Kier alpha value is -1.52. The maximum Gasteiger partial charge on any atom is 0.179 e. The molecule has 0 bridgehead atoms. The summed E-state index contributed by atoms with van der Waals surface area (Å²) in [7, 11) is 0. The Balaban J connectivity index is 2.73. The molecule has 0 saturated carbocycles. The Kier molecular flexibility index (Phi) is 1.49. The molecule has 0 aliphatic heterocycles. The van der Waals surface area contributed by atoms with Gasteiger partial charge in [-0.15, -0.1) is 5.10 Å². The van der Waals surface area contributed by atoms with Crippen molar-refractivity contribution < 1.29 is 0 Å². The molecule has 0 spiro atoms. The molecular weight excluding hydrogens is 154 g/mol. The van der Waals surface area contributed by atoms with Gasteiger partial charge in [0, 0.05) is 0 Å². The largest absolute Gasteiger partial charge is 0.240 e. The van der Waals surface area contributed by atoms with Crippen LogP contribution in [0.3, 0.4) is 0 Å². The van der Waals surface area contributed by atoms with Gasteiger partial charge in [-0.2, -0.15) is 0 Å². The van der Waals surface area contributed by atoms with Gasteiger partial charge in [0.15, 0.2) is 11.2 Å². The lowest BCUT2D eigenvalue weighted by molar-refractivity contribution is 0.823. The number of fused-ring (bicyclic) bond motifs is 1. The standard InChI is InChI=1S/C7H9N5/c1-4(2)5-6-7(9-3-8-5)11-12-10-6/h3-4H,1-2H3,(H,8,9,10,11,12). The van der Waals surface area contributed by atoms with Crippen molar-refractivity contribution in [3.63, 3.8) is 0 Å². The van der Waals surface area contributed by atoms with Crippen LogP contribution in [0, 0.1) is 0 Å². The Labute approximate surface area is 69.2 Å². The van der Waals surface area contributed by atoms with Crippen LogP contribution in [-0.4, -0.2) is 25.4 Å². The van der Waals surface area contributed by atoms with Gasteiger partial charge >= 0.3 is 0 Å². The molecule has 2 aromatic rings. The average molecular weight is 163 g/mol. The second-order valence-corrected chi connectivity index (χ2v) is 2.92. The van der Waals surface area contributed by atoms with Crippen molar-refractivity contribution in [3.8, 4) is 0 Å². The summed E-state index contributed by atoms with van der Waals surface area (Å²) in [5.41, 5.74) is 2.41. The SMILES string of the molecule is CC(C)c1ncnc2[nH]nnc12. The van der Waals surface area contributed by atoms with E-state index in [1.807, 2.05) is 0 Å². The number of hydrogen-bond donors (Lipinski definition) is 1. The van der Waals surface area contributed by atoms with E-state index >= 15 is 0 Å². The fraction of sp³-hybridized carbons (Fsp3) is 0.429. The Morgan fingerprint density at radius 1 is 1.33 bits per heavy atom. The second kappa shape index (κ2) is 2.51. The van der Waals surface area contributed by atoms with Crippen molar-refractivity contribution in [1.82, 2.24) is 25.4 Å². The third-order valence-electron chi connectivity index (χ3n) is 1.70. The molecule has 5 nitrogen and oxygen atoms in total. The van der Waals surface area contributed by atoms with E-state index < -0.39 is 0 Å². The minimum Gasteiger partial charge on any atom is -0.240 e. The van der Waals surface area contributed by atoms with Gasteiger partial charge in [-0.3, -0.25) is 0 Å². The summed E-state index contributed by atoms with van der Waals surface area (Å²) >= 11 is 0. The molecule has 12 heavy (non-hydrogen) atoms. The summed E-state index contributed by atoms with van der Waals surface area (Å²) in [6.07, 6.45) is 1.53. The Morgan fingerprint density at radius 2 is 2.17 bits per heavy atom. The third-order valence-corrected chi connectivity index (χ3v) is 1.70. The highest BCUT2D eigenvalue weighted by atomic mass is 15.3. The zero-order valence-corrected chi connectivity index (χ0v) is 6.94. The van der Waals surface area contributed by atoms with Gasteiger partial charge in [0.05, 0.1) is 5.69 Å². The zero-order valence-electron chi connectivity index (χ0n) is 6.94. The van der Waals surface area contributed by atoms with Gasteiger partial charge in [-0.1, -0.05) is 19.1 Å². The first kappa shape index (κ1) is 7.15. The van der Waals surface area contributed by atoms with Gasteiger partial charge in [-0.05, 0) is 5.92 Å². The summed E-state index contributed by atoms with van der Waals surface area (Å²) in [5, 5.41) is 10.3. The Morgan fingerprint density at radius 3 is 2.92 bits per heavy atom. The molecule has 2 aromatic heterocycles. The van der Waals surface area contributed by atoms with Crippen molar-refractivity contribution in [2.75, 3.05) is 0 Å². The third kappa shape index (κ3) is 0.939. The van der Waals surface area contributed by atoms with Crippen LogP contribution >= 0.6 is 0 Å². The van der Waals surface area contributed by atoms with Crippen LogP contribution in [0.1, 0.15) is 25.5 Å². The van der Waals surface area contributed by atoms with E-state index in [1.165, 1.54) is 6.33 Å². The number of nitrogens with zero attached hydrogens (tertiary/aromatic N) is 4. The van der Waals surface area contributed by atoms with Crippen LogP contribution in [-0.2, 0) is 0 Å². The maximum atomic E-state index is 4.14. The zero-order chi connectivity index (χ0) is 8.55. The smallest absolute Gasteiger partial charge is 0.179 e. The summed E-state index contributed by atoms with van der Waals surface area (Å²) in [5.74, 6) is 0.348. The number of hydrogen-bond acceptors (Lipinski definition) is 4. The first-order chi connectivity index (χ1) is 5.79. The van der Waals surface area contributed by atoms with E-state index in [9.17, 15) is 0 Å². The molecule has 0 radical (unpaired) electrons. The number of aromatic nitrogens is 5. The highest BCUT2D eigenvalue weighted by Crippen LogP contribution is 2.16. The molecular formula is C7H9N5. The summed E-state index contributed by atoms with van der Waals surface area (Å²) in [4.78, 5) is 8.14. The van der Waals surface area contributed by atoms with E-state index in [4.69, 9.17) is 0 Å². The molecule has 2 heterocycles. The molecule has 0 aliphatic carbocycles. The molecule has 0 fully saturated rings. The summed E-state index contributed by atoms with van der Waals surface area (Å²) in [6, 6.07) is 0. The predicted octanol–water partition coefficient (Wildman–Crippen LogP) is 0.871. The number of rotatable bonds is 1. The lowest BCUT2D eigenvalue weighted by atomic mass is 10.1. The number of nitrogens with one attached hydrogen (secondary N) is 1. The quantitative estimate of drug-likeness (QED) is 0.677. The topological polar surface area (TPSA) is 67.3 Å². The average Bonchev–Trinajstić information content (AvgIpc) is 2.49. The molecule has 0 aromatic carbocycles. The Bertz CT molecular complexity index is 391. The molecule has 62 valence electrons. The van der Waals surface area contributed by atoms with Crippen LogP contribution in [0.2, 0.25) is 0 Å². The van der Waals surface area contributed by atoms with Crippen LogP contribution in [0.4, 0.5) is 0 Å². The minimum absolute atomic E-state index is 0.348. The molecule has 0 unspecified atom stereocenters. The molecule has 0 amide bonds. The van der Waals surface area contributed by atoms with Crippen molar-refractivity contribution in [3.05, 3.63) is 12.0 Å². The van der Waals surface area contributed by atoms with Crippen molar-refractivity contribution in [1.29, 1.82) is 0 Å². The monoisotopic (exact) mass is 163 g/mol. The molecule has 2 rings (SSSR count). The molecule has 5 heteroatoms. The van der Waals surface area contributed by atoms with Gasteiger partial charge in [0.25, 0.3) is 0 Å². The van der Waals surface area contributed by atoms with Gasteiger partial charge in [0.1, 0.15) is 6.33 Å². The summed E-state index contributed by atoms with van der Waals surface area (Å²) in [6.45, 7) is 4.13.